The molecule has 3 nitrogen and oxygen atoms in total. The van der Waals surface area contributed by atoms with Crippen LogP contribution in [0.4, 0.5) is 4.39 Å². The summed E-state index contributed by atoms with van der Waals surface area (Å²) in [5, 5.41) is 2.74. The molecule has 1 aromatic carbocycles. The van der Waals surface area contributed by atoms with E-state index in [4.69, 9.17) is 5.73 Å². The Balaban J connectivity index is 2.22. The van der Waals surface area contributed by atoms with E-state index in [0.29, 0.717) is 25.1 Å². The Bertz CT molecular complexity index is 406. The number of nitrogens with two attached hydrogens (primary N) is 1. The molecule has 2 rings (SSSR count). The predicted molar refractivity (Wildman–Crippen MR) is 59.3 cm³/mol. The van der Waals surface area contributed by atoms with Crippen LogP contribution in [0, 0.1) is 5.82 Å². The molecule has 0 aliphatic carbocycles. The van der Waals surface area contributed by atoms with Crippen LogP contribution in [0.5, 0.6) is 0 Å². The molecule has 1 atom stereocenters. The molecule has 4 heteroatoms. The third-order valence-electron chi connectivity index (χ3n) is 2.99. The Hall–Kier alpha value is -1.42. The van der Waals surface area contributed by atoms with Crippen molar-refractivity contribution in [1.29, 1.82) is 0 Å². The van der Waals surface area contributed by atoms with Gasteiger partial charge in [0.15, 0.2) is 0 Å². The maximum Gasteiger partial charge on any atom is 0.220 e. The quantitative estimate of drug-likeness (QED) is 0.792. The van der Waals surface area contributed by atoms with Crippen LogP contribution in [0.1, 0.15) is 29.9 Å². The fraction of sp³-hybridized carbons (Fsp3) is 0.417. The van der Waals surface area contributed by atoms with Gasteiger partial charge in [0.2, 0.25) is 5.91 Å². The molecule has 0 bridgehead atoms. The van der Waals surface area contributed by atoms with Crippen LogP contribution in [-0.2, 0) is 11.3 Å². The molecule has 1 amide bonds. The molecule has 0 saturated carbocycles. The van der Waals surface area contributed by atoms with Crippen LogP contribution in [0.15, 0.2) is 18.2 Å². The van der Waals surface area contributed by atoms with E-state index in [0.717, 1.165) is 12.0 Å². The molecule has 3 N–H and O–H groups in total. The Morgan fingerprint density at radius 3 is 2.94 bits per heavy atom. The summed E-state index contributed by atoms with van der Waals surface area (Å²) in [5.74, 6) is -0.248. The smallest absolute Gasteiger partial charge is 0.220 e. The first-order valence-corrected chi connectivity index (χ1v) is 5.46. The lowest BCUT2D eigenvalue weighted by molar-refractivity contribution is -0.122. The van der Waals surface area contributed by atoms with Crippen molar-refractivity contribution in [2.75, 3.05) is 6.54 Å². The van der Waals surface area contributed by atoms with Crippen molar-refractivity contribution < 1.29 is 9.18 Å². The van der Waals surface area contributed by atoms with Crippen LogP contribution in [0.3, 0.4) is 0 Å². The molecule has 1 aliphatic rings. The van der Waals surface area contributed by atoms with E-state index in [2.05, 4.69) is 5.32 Å². The number of carbonyl (C=O) groups excluding carboxylic acids is 1. The van der Waals surface area contributed by atoms with Crippen molar-refractivity contribution in [2.45, 2.75) is 25.3 Å². The second-order valence-electron chi connectivity index (χ2n) is 4.10. The van der Waals surface area contributed by atoms with Gasteiger partial charge in [-0.3, -0.25) is 4.79 Å². The first-order valence-electron chi connectivity index (χ1n) is 5.46. The molecule has 1 saturated heterocycles. The van der Waals surface area contributed by atoms with E-state index in [1.807, 2.05) is 6.07 Å². The number of nitrogens with one attached hydrogen (secondary N) is 1. The first kappa shape index (κ1) is 11.1. The van der Waals surface area contributed by atoms with Gasteiger partial charge in [0.05, 0.1) is 0 Å². The minimum absolute atomic E-state index is 0.000532. The summed E-state index contributed by atoms with van der Waals surface area (Å²) in [6, 6.07) is 5.04. The molecule has 1 fully saturated rings. The minimum Gasteiger partial charge on any atom is -0.356 e. The van der Waals surface area contributed by atoms with Gasteiger partial charge < -0.3 is 11.1 Å². The number of hydrogen-bond acceptors (Lipinski definition) is 2. The van der Waals surface area contributed by atoms with Gasteiger partial charge in [-0.25, -0.2) is 4.39 Å². The fourth-order valence-corrected chi connectivity index (χ4v) is 2.08. The van der Waals surface area contributed by atoms with Crippen molar-refractivity contribution >= 4 is 5.91 Å². The highest BCUT2D eigenvalue weighted by Gasteiger charge is 2.22. The summed E-state index contributed by atoms with van der Waals surface area (Å²) >= 11 is 0. The number of amides is 1. The van der Waals surface area contributed by atoms with Crippen LogP contribution < -0.4 is 11.1 Å². The monoisotopic (exact) mass is 222 g/mol. The number of hydrogen-bond donors (Lipinski definition) is 2. The third kappa shape index (κ3) is 2.22. The summed E-state index contributed by atoms with van der Waals surface area (Å²) in [6.07, 6.45) is 1.17. The molecule has 1 aliphatic heterocycles. The number of rotatable bonds is 2. The lowest BCUT2D eigenvalue weighted by Crippen LogP contribution is -2.32. The predicted octanol–water partition coefficient (Wildman–Crippen LogP) is 1.28. The molecule has 0 spiro atoms. The standard InChI is InChI=1S/C12H15FN2O/c13-11-5-8(7-14)1-2-10(11)9-3-4-15-12(16)6-9/h1-2,5,9H,3-4,6-7,14H2,(H,15,16)/t9-/m1/s1. The van der Waals surface area contributed by atoms with E-state index >= 15 is 0 Å². The van der Waals surface area contributed by atoms with E-state index in [1.165, 1.54) is 6.07 Å². The average molecular weight is 222 g/mol. The second kappa shape index (κ2) is 4.61. The van der Waals surface area contributed by atoms with Gasteiger partial charge in [0, 0.05) is 19.5 Å². The third-order valence-corrected chi connectivity index (χ3v) is 2.99. The van der Waals surface area contributed by atoms with Crippen molar-refractivity contribution in [3.63, 3.8) is 0 Å². The molecule has 0 unspecified atom stereocenters. The molecule has 1 heterocycles. The van der Waals surface area contributed by atoms with Crippen molar-refractivity contribution in [3.8, 4) is 0 Å². The minimum atomic E-state index is -0.248. The zero-order valence-electron chi connectivity index (χ0n) is 9.00. The molecule has 1 aromatic rings. The average Bonchev–Trinajstić information content (AvgIpc) is 2.28. The Labute approximate surface area is 93.8 Å². The van der Waals surface area contributed by atoms with Crippen molar-refractivity contribution in [1.82, 2.24) is 5.32 Å². The molecular formula is C12H15FN2O. The van der Waals surface area contributed by atoms with E-state index in [9.17, 15) is 9.18 Å². The number of halogens is 1. The van der Waals surface area contributed by atoms with Gasteiger partial charge in [-0.05, 0) is 29.5 Å². The second-order valence-corrected chi connectivity index (χ2v) is 4.10. The highest BCUT2D eigenvalue weighted by molar-refractivity contribution is 5.77. The highest BCUT2D eigenvalue weighted by atomic mass is 19.1. The van der Waals surface area contributed by atoms with Crippen LogP contribution in [0.2, 0.25) is 0 Å². The Kier molecular flexibility index (Phi) is 3.19. The van der Waals surface area contributed by atoms with Crippen LogP contribution >= 0.6 is 0 Å². The largest absolute Gasteiger partial charge is 0.356 e. The normalized spacial score (nSPS) is 20.6. The zero-order valence-corrected chi connectivity index (χ0v) is 9.00. The van der Waals surface area contributed by atoms with Crippen molar-refractivity contribution in [2.24, 2.45) is 5.73 Å². The SMILES string of the molecule is NCc1ccc([C@@H]2CCNC(=O)C2)c(F)c1. The number of piperidine rings is 1. The van der Waals surface area contributed by atoms with E-state index in [-0.39, 0.29) is 17.6 Å². The van der Waals surface area contributed by atoms with Crippen LogP contribution in [0.25, 0.3) is 0 Å². The van der Waals surface area contributed by atoms with Crippen LogP contribution in [-0.4, -0.2) is 12.5 Å². The van der Waals surface area contributed by atoms with Gasteiger partial charge >= 0.3 is 0 Å². The number of benzene rings is 1. The summed E-state index contributed by atoms with van der Waals surface area (Å²) in [4.78, 5) is 11.2. The summed E-state index contributed by atoms with van der Waals surface area (Å²) in [5.41, 5.74) is 6.85. The molecule has 86 valence electrons. The molecule has 0 radical (unpaired) electrons. The topological polar surface area (TPSA) is 55.1 Å². The summed E-state index contributed by atoms with van der Waals surface area (Å²) in [7, 11) is 0. The summed E-state index contributed by atoms with van der Waals surface area (Å²) < 4.78 is 13.8. The summed E-state index contributed by atoms with van der Waals surface area (Å²) in [6.45, 7) is 0.962. The maximum absolute atomic E-state index is 13.8. The lowest BCUT2D eigenvalue weighted by Gasteiger charge is -2.22. The molecule has 16 heavy (non-hydrogen) atoms. The van der Waals surface area contributed by atoms with Gasteiger partial charge in [-0.1, -0.05) is 12.1 Å². The number of carbonyl (C=O) groups is 1. The molecular weight excluding hydrogens is 207 g/mol. The fourth-order valence-electron chi connectivity index (χ4n) is 2.08. The maximum atomic E-state index is 13.8. The zero-order chi connectivity index (χ0) is 11.5. The van der Waals surface area contributed by atoms with Gasteiger partial charge in [-0.2, -0.15) is 0 Å². The Morgan fingerprint density at radius 1 is 1.50 bits per heavy atom. The van der Waals surface area contributed by atoms with Gasteiger partial charge in [-0.15, -0.1) is 0 Å². The molecule has 0 aromatic heterocycles. The first-order chi connectivity index (χ1) is 7.70. The highest BCUT2D eigenvalue weighted by Crippen LogP contribution is 2.28. The lowest BCUT2D eigenvalue weighted by atomic mass is 9.89. The van der Waals surface area contributed by atoms with Crippen molar-refractivity contribution in [3.05, 3.63) is 35.1 Å². The van der Waals surface area contributed by atoms with Gasteiger partial charge in [0.25, 0.3) is 0 Å². The van der Waals surface area contributed by atoms with Gasteiger partial charge in [0.1, 0.15) is 5.82 Å². The van der Waals surface area contributed by atoms with E-state index < -0.39 is 0 Å². The van der Waals surface area contributed by atoms with E-state index in [1.54, 1.807) is 6.07 Å². The Morgan fingerprint density at radius 2 is 2.31 bits per heavy atom.